The van der Waals surface area contributed by atoms with E-state index >= 15 is 0 Å². The molecule has 0 bridgehead atoms. The first kappa shape index (κ1) is 24.9. The lowest BCUT2D eigenvalue weighted by molar-refractivity contribution is -0.132. The Bertz CT molecular complexity index is 1850. The molecule has 0 aliphatic carbocycles. The van der Waals surface area contributed by atoms with Gasteiger partial charge in [-0.15, -0.1) is 0 Å². The Labute approximate surface area is 242 Å². The van der Waals surface area contributed by atoms with E-state index in [0.29, 0.717) is 23.5 Å². The Morgan fingerprint density at radius 1 is 0.833 bits per heavy atom. The summed E-state index contributed by atoms with van der Waals surface area (Å²) in [6.45, 7) is 2.25. The molecule has 4 atom stereocenters. The van der Waals surface area contributed by atoms with Gasteiger partial charge in [0.1, 0.15) is 12.1 Å². The van der Waals surface area contributed by atoms with E-state index in [2.05, 4.69) is 5.32 Å². The summed E-state index contributed by atoms with van der Waals surface area (Å²) >= 11 is 0. The summed E-state index contributed by atoms with van der Waals surface area (Å²) in [7, 11) is 0. The topological polar surface area (TPSA) is 90.0 Å². The molecule has 0 saturated carbocycles. The first-order valence-electron chi connectivity index (χ1n) is 14.3. The van der Waals surface area contributed by atoms with Gasteiger partial charge in [0.05, 0.1) is 17.5 Å². The number of anilines is 3. The Kier molecular flexibility index (Phi) is 5.25. The number of hydrogen-bond acceptors (Lipinski definition) is 5. The van der Waals surface area contributed by atoms with E-state index in [9.17, 15) is 19.2 Å². The van der Waals surface area contributed by atoms with E-state index in [1.807, 2.05) is 91.9 Å². The normalized spacial score (nSPS) is 26.0. The summed E-state index contributed by atoms with van der Waals surface area (Å²) in [5.74, 6) is -2.94. The molecule has 4 aromatic carbocycles. The van der Waals surface area contributed by atoms with Crippen LogP contribution < -0.4 is 20.0 Å². The minimum atomic E-state index is -1.45. The van der Waals surface area contributed by atoms with Crippen LogP contribution in [0.25, 0.3) is 10.8 Å². The number of nitrogens with zero attached hydrogens (tertiary/aromatic N) is 3. The van der Waals surface area contributed by atoms with Crippen LogP contribution in [0.4, 0.5) is 17.1 Å². The van der Waals surface area contributed by atoms with Gasteiger partial charge in [0.2, 0.25) is 17.7 Å². The molecule has 4 aliphatic heterocycles. The average Bonchev–Trinajstić information content (AvgIpc) is 3.71. The Balaban J connectivity index is 1.20. The van der Waals surface area contributed by atoms with Gasteiger partial charge in [-0.2, -0.15) is 0 Å². The average molecular weight is 557 g/mol. The van der Waals surface area contributed by atoms with Crippen molar-refractivity contribution in [2.75, 3.05) is 27.8 Å². The quantitative estimate of drug-likeness (QED) is 0.388. The number of rotatable bonds is 3. The van der Waals surface area contributed by atoms with Crippen molar-refractivity contribution >= 4 is 51.5 Å². The largest absolute Gasteiger partial charge is 0.310 e. The Morgan fingerprint density at radius 2 is 1.52 bits per heavy atom. The molecule has 4 heterocycles. The maximum absolute atomic E-state index is 14.6. The van der Waals surface area contributed by atoms with Crippen LogP contribution in [0.5, 0.6) is 0 Å². The summed E-state index contributed by atoms with van der Waals surface area (Å²) in [5, 5.41) is 5.13. The molecule has 0 aromatic heterocycles. The third-order valence-corrected chi connectivity index (χ3v) is 9.50. The van der Waals surface area contributed by atoms with Crippen molar-refractivity contribution in [1.82, 2.24) is 5.32 Å². The van der Waals surface area contributed by atoms with Gasteiger partial charge in [-0.1, -0.05) is 72.8 Å². The number of imide groups is 1. The molecular formula is C34H28N4O4. The van der Waals surface area contributed by atoms with Gasteiger partial charge in [0.15, 0.2) is 0 Å². The van der Waals surface area contributed by atoms with Crippen LogP contribution in [-0.2, 0) is 31.1 Å². The lowest BCUT2D eigenvalue weighted by Crippen LogP contribution is -2.56. The van der Waals surface area contributed by atoms with Gasteiger partial charge in [-0.25, -0.2) is 4.90 Å². The van der Waals surface area contributed by atoms with E-state index < -0.39 is 29.3 Å². The first-order valence-corrected chi connectivity index (χ1v) is 14.3. The van der Waals surface area contributed by atoms with Crippen LogP contribution in [0.15, 0.2) is 91.0 Å². The fraction of sp³-hybridized carbons (Fsp3) is 0.235. The van der Waals surface area contributed by atoms with Gasteiger partial charge in [-0.3, -0.25) is 24.5 Å². The number of amides is 4. The maximum Gasteiger partial charge on any atom is 0.253 e. The van der Waals surface area contributed by atoms with Crippen LogP contribution >= 0.6 is 0 Å². The predicted molar refractivity (Wildman–Crippen MR) is 159 cm³/mol. The van der Waals surface area contributed by atoms with Crippen LogP contribution in [-0.4, -0.2) is 42.8 Å². The Morgan fingerprint density at radius 3 is 2.38 bits per heavy atom. The Hall–Kier alpha value is -4.82. The molecular weight excluding hydrogens is 528 g/mol. The van der Waals surface area contributed by atoms with Crippen molar-refractivity contribution in [2.45, 2.75) is 24.9 Å². The minimum absolute atomic E-state index is 0.158. The standard InChI is InChI=1S/C34H28N4O4/c1-20-29-30(32(41)38(31(29)40)26-16-8-11-21-9-2-4-12-23(21)26)34(35-20)24-13-5-7-15-27(24)37(33(34)42)19-28(39)36-18-17-22-10-3-6-14-25(22)36/h2-16,20,29-30,35H,17-19H2,1H3/t20-,29-,30-,34-/m0/s1. The highest BCUT2D eigenvalue weighted by Gasteiger charge is 2.71. The van der Waals surface area contributed by atoms with Crippen molar-refractivity contribution in [2.24, 2.45) is 11.8 Å². The lowest BCUT2D eigenvalue weighted by atomic mass is 9.76. The molecule has 0 unspecified atom stereocenters. The van der Waals surface area contributed by atoms with Gasteiger partial charge in [0, 0.05) is 34.9 Å². The van der Waals surface area contributed by atoms with Gasteiger partial charge < -0.3 is 9.80 Å². The maximum atomic E-state index is 14.6. The molecule has 1 N–H and O–H groups in total. The van der Waals surface area contributed by atoms with Crippen molar-refractivity contribution in [3.63, 3.8) is 0 Å². The number of carbonyl (C=O) groups excluding carboxylic acids is 4. The van der Waals surface area contributed by atoms with E-state index in [1.165, 1.54) is 9.80 Å². The van der Waals surface area contributed by atoms with E-state index in [-0.39, 0.29) is 24.3 Å². The number of hydrogen-bond donors (Lipinski definition) is 1. The molecule has 208 valence electrons. The highest BCUT2D eigenvalue weighted by molar-refractivity contribution is 6.28. The molecule has 42 heavy (non-hydrogen) atoms. The van der Waals surface area contributed by atoms with Crippen LogP contribution in [0.3, 0.4) is 0 Å². The number of fused-ring (bicyclic) bond motifs is 6. The smallest absolute Gasteiger partial charge is 0.253 e. The summed E-state index contributed by atoms with van der Waals surface area (Å²) in [4.78, 5) is 61.2. The molecule has 8 nitrogen and oxygen atoms in total. The van der Waals surface area contributed by atoms with Crippen molar-refractivity contribution in [3.8, 4) is 0 Å². The molecule has 4 amide bonds. The SMILES string of the molecule is C[C@@H]1N[C@]2(C(=O)N(CC(=O)N3CCc4ccccc43)c3ccccc32)[C@@H]2C(=O)N(c3cccc4ccccc34)C(=O)[C@@H]12. The van der Waals surface area contributed by atoms with Crippen LogP contribution in [0.1, 0.15) is 18.1 Å². The first-order chi connectivity index (χ1) is 20.4. The fourth-order valence-electron chi connectivity index (χ4n) is 7.72. The third kappa shape index (κ3) is 3.15. The fourth-order valence-corrected chi connectivity index (χ4v) is 7.72. The summed E-state index contributed by atoms with van der Waals surface area (Å²) in [6.07, 6.45) is 0.764. The zero-order chi connectivity index (χ0) is 28.7. The molecule has 1 spiro atoms. The highest BCUT2D eigenvalue weighted by Crippen LogP contribution is 2.55. The lowest BCUT2D eigenvalue weighted by Gasteiger charge is -2.30. The monoisotopic (exact) mass is 556 g/mol. The molecule has 2 fully saturated rings. The predicted octanol–water partition coefficient (Wildman–Crippen LogP) is 3.77. The van der Waals surface area contributed by atoms with Gasteiger partial charge in [0.25, 0.3) is 5.91 Å². The molecule has 8 rings (SSSR count). The summed E-state index contributed by atoms with van der Waals surface area (Å²) in [6, 6.07) is 27.9. The van der Waals surface area contributed by atoms with Gasteiger partial charge >= 0.3 is 0 Å². The third-order valence-electron chi connectivity index (χ3n) is 9.50. The summed E-state index contributed by atoms with van der Waals surface area (Å²) in [5.41, 5.74) is 2.27. The zero-order valence-electron chi connectivity index (χ0n) is 23.0. The van der Waals surface area contributed by atoms with Crippen molar-refractivity contribution in [3.05, 3.63) is 102 Å². The number of carbonyl (C=O) groups is 4. The second-order valence-electron chi connectivity index (χ2n) is 11.6. The molecule has 4 aliphatic rings. The van der Waals surface area contributed by atoms with E-state index in [0.717, 1.165) is 28.4 Å². The number of benzene rings is 4. The molecule has 0 radical (unpaired) electrons. The number of nitrogens with one attached hydrogen (secondary N) is 1. The van der Waals surface area contributed by atoms with Crippen molar-refractivity contribution in [1.29, 1.82) is 0 Å². The molecule has 2 saturated heterocycles. The zero-order valence-corrected chi connectivity index (χ0v) is 23.0. The van der Waals surface area contributed by atoms with Crippen LogP contribution in [0.2, 0.25) is 0 Å². The summed E-state index contributed by atoms with van der Waals surface area (Å²) < 4.78 is 0. The number of para-hydroxylation sites is 2. The van der Waals surface area contributed by atoms with Crippen LogP contribution in [0, 0.1) is 11.8 Å². The highest BCUT2D eigenvalue weighted by atomic mass is 16.2. The second-order valence-corrected chi connectivity index (χ2v) is 11.6. The molecule has 8 heteroatoms. The van der Waals surface area contributed by atoms with Crippen molar-refractivity contribution < 1.29 is 19.2 Å². The van der Waals surface area contributed by atoms with E-state index in [1.54, 1.807) is 11.0 Å². The van der Waals surface area contributed by atoms with Gasteiger partial charge in [-0.05, 0) is 42.5 Å². The van der Waals surface area contributed by atoms with E-state index in [4.69, 9.17) is 0 Å². The molecule has 4 aromatic rings. The minimum Gasteiger partial charge on any atom is -0.310 e. The second kappa shape index (κ2) is 8.84.